The lowest BCUT2D eigenvalue weighted by molar-refractivity contribution is 0.324. The van der Waals surface area contributed by atoms with Gasteiger partial charge < -0.3 is 24.4 Å². The van der Waals surface area contributed by atoms with Gasteiger partial charge in [-0.05, 0) is 40.3 Å². The Balaban J connectivity index is 0.000000311. The molecule has 8 nitrogen and oxygen atoms in total. The maximum Gasteiger partial charge on any atom is 0.203 e. The molecular formula is C23H33N5O3. The molecule has 8 heteroatoms. The van der Waals surface area contributed by atoms with Crippen molar-refractivity contribution in [2.45, 2.75) is 20.8 Å². The standard InChI is InChI=1S/C12H16N4.C11H17NO3/c1-5-11(14-4)12(10(2)13-3)16-8-6-7-15-9-16;1-5-12-8-6-9(13-2)11(15-4)10(7-8)14-3/h5-8H,3-4,9H2,1-2H3;6-7,12H,5H2,1-4H3/b11-5-,12-10-;. The number of allylic oxidation sites excluding steroid dienone is 3. The molecule has 0 unspecified atom stereocenters. The summed E-state index contributed by atoms with van der Waals surface area (Å²) < 4.78 is 15.7. The highest BCUT2D eigenvalue weighted by molar-refractivity contribution is 5.71. The normalized spacial score (nSPS) is 13.5. The summed E-state index contributed by atoms with van der Waals surface area (Å²) in [6.07, 6.45) is 7.46. The number of methoxy groups -OCH3 is 3. The van der Waals surface area contributed by atoms with E-state index in [2.05, 4.69) is 33.7 Å². The fourth-order valence-electron chi connectivity index (χ4n) is 2.84. The molecule has 2 rings (SSSR count). The van der Waals surface area contributed by atoms with Crippen LogP contribution >= 0.6 is 0 Å². The second-order valence-corrected chi connectivity index (χ2v) is 6.15. The SMILES string of the molecule is C=NC(=C\C)/C(=C(\C)N=C)N1C=CC=NC1.CCNc1cc(OC)c(OC)c(OC)c1. The molecule has 0 aliphatic carbocycles. The van der Waals surface area contributed by atoms with Crippen LogP contribution in [0, 0.1) is 0 Å². The molecule has 1 heterocycles. The van der Waals surface area contributed by atoms with Crippen LogP contribution in [0.4, 0.5) is 5.69 Å². The van der Waals surface area contributed by atoms with Crippen molar-refractivity contribution in [2.75, 3.05) is 39.9 Å². The van der Waals surface area contributed by atoms with E-state index < -0.39 is 0 Å². The van der Waals surface area contributed by atoms with Gasteiger partial charge in [0.05, 0.1) is 38.4 Å². The molecule has 1 aromatic carbocycles. The van der Waals surface area contributed by atoms with Crippen molar-refractivity contribution in [3.05, 3.63) is 47.6 Å². The van der Waals surface area contributed by atoms with Crippen LogP contribution in [0.3, 0.4) is 0 Å². The van der Waals surface area contributed by atoms with Gasteiger partial charge in [0, 0.05) is 36.8 Å². The Kier molecular flexibility index (Phi) is 11.2. The van der Waals surface area contributed by atoms with Crippen LogP contribution < -0.4 is 19.5 Å². The van der Waals surface area contributed by atoms with E-state index in [1.165, 1.54) is 0 Å². The summed E-state index contributed by atoms with van der Waals surface area (Å²) in [5.74, 6) is 1.93. The summed E-state index contributed by atoms with van der Waals surface area (Å²) in [7, 11) is 4.80. The van der Waals surface area contributed by atoms with Crippen molar-refractivity contribution in [1.29, 1.82) is 0 Å². The largest absolute Gasteiger partial charge is 0.493 e. The summed E-state index contributed by atoms with van der Waals surface area (Å²) in [6, 6.07) is 3.76. The highest BCUT2D eigenvalue weighted by Crippen LogP contribution is 2.39. The molecular weight excluding hydrogens is 394 g/mol. The zero-order valence-electron chi connectivity index (χ0n) is 19.3. The zero-order chi connectivity index (χ0) is 23.2. The van der Waals surface area contributed by atoms with Gasteiger partial charge in [-0.3, -0.25) is 15.0 Å². The minimum atomic E-state index is 0.561. The van der Waals surface area contributed by atoms with Crippen molar-refractivity contribution in [2.24, 2.45) is 15.0 Å². The predicted octanol–water partition coefficient (Wildman–Crippen LogP) is 4.52. The van der Waals surface area contributed by atoms with Crippen LogP contribution in [-0.2, 0) is 0 Å². The summed E-state index contributed by atoms with van der Waals surface area (Å²) in [4.78, 5) is 14.1. The summed E-state index contributed by atoms with van der Waals surface area (Å²) in [5.41, 5.74) is 3.43. The van der Waals surface area contributed by atoms with Crippen LogP contribution in [0.25, 0.3) is 0 Å². The lowest BCUT2D eigenvalue weighted by Gasteiger charge is -2.24. The third-order valence-electron chi connectivity index (χ3n) is 4.29. The highest BCUT2D eigenvalue weighted by Gasteiger charge is 2.14. The smallest absolute Gasteiger partial charge is 0.203 e. The lowest BCUT2D eigenvalue weighted by Crippen LogP contribution is -2.21. The van der Waals surface area contributed by atoms with Crippen molar-refractivity contribution >= 4 is 25.3 Å². The molecule has 1 aliphatic rings. The molecule has 0 fully saturated rings. The van der Waals surface area contributed by atoms with Crippen molar-refractivity contribution in [3.63, 3.8) is 0 Å². The van der Waals surface area contributed by atoms with E-state index in [4.69, 9.17) is 14.2 Å². The Morgan fingerprint density at radius 2 is 1.81 bits per heavy atom. The van der Waals surface area contributed by atoms with Crippen molar-refractivity contribution in [3.8, 4) is 17.2 Å². The maximum atomic E-state index is 5.22. The van der Waals surface area contributed by atoms with E-state index >= 15 is 0 Å². The van der Waals surface area contributed by atoms with Gasteiger partial charge in [0.15, 0.2) is 11.5 Å². The number of nitrogens with zero attached hydrogens (tertiary/aromatic N) is 4. The third-order valence-corrected chi connectivity index (χ3v) is 4.29. The average molecular weight is 428 g/mol. The molecule has 1 aromatic rings. The number of benzene rings is 1. The van der Waals surface area contributed by atoms with E-state index in [1.54, 1.807) is 27.5 Å². The minimum absolute atomic E-state index is 0.561. The zero-order valence-corrected chi connectivity index (χ0v) is 19.3. The first-order valence-corrected chi connectivity index (χ1v) is 9.79. The first-order valence-electron chi connectivity index (χ1n) is 9.79. The molecule has 0 atom stereocenters. The Morgan fingerprint density at radius 3 is 2.19 bits per heavy atom. The van der Waals surface area contributed by atoms with Gasteiger partial charge in [-0.2, -0.15) is 0 Å². The Hall–Kier alpha value is -3.55. The van der Waals surface area contributed by atoms with E-state index in [9.17, 15) is 0 Å². The van der Waals surface area contributed by atoms with E-state index in [1.807, 2.05) is 56.2 Å². The predicted molar refractivity (Wildman–Crippen MR) is 130 cm³/mol. The van der Waals surface area contributed by atoms with E-state index in [0.29, 0.717) is 23.9 Å². The number of anilines is 1. The van der Waals surface area contributed by atoms with Gasteiger partial charge in [-0.25, -0.2) is 0 Å². The fourth-order valence-corrected chi connectivity index (χ4v) is 2.84. The number of aliphatic imine (C=N–C) groups is 3. The lowest BCUT2D eigenvalue weighted by atomic mass is 10.2. The van der Waals surface area contributed by atoms with Gasteiger partial charge in [-0.1, -0.05) is 6.08 Å². The van der Waals surface area contributed by atoms with Crippen LogP contribution in [0.2, 0.25) is 0 Å². The number of nitrogens with one attached hydrogen (secondary N) is 1. The van der Waals surface area contributed by atoms with Crippen molar-refractivity contribution < 1.29 is 14.2 Å². The van der Waals surface area contributed by atoms with Crippen LogP contribution in [-0.4, -0.2) is 59.1 Å². The summed E-state index contributed by atoms with van der Waals surface area (Å²) in [5, 5.41) is 3.19. The molecule has 1 N–H and O–H groups in total. The maximum absolute atomic E-state index is 5.22. The Bertz CT molecular complexity index is 847. The van der Waals surface area contributed by atoms with Gasteiger partial charge in [-0.15, -0.1) is 0 Å². The number of hydrogen-bond donors (Lipinski definition) is 1. The van der Waals surface area contributed by atoms with Crippen LogP contribution in [0.5, 0.6) is 17.2 Å². The minimum Gasteiger partial charge on any atom is -0.493 e. The van der Waals surface area contributed by atoms with Crippen molar-refractivity contribution in [1.82, 2.24) is 4.90 Å². The fraction of sp³-hybridized carbons (Fsp3) is 0.348. The second-order valence-electron chi connectivity index (χ2n) is 6.15. The summed E-state index contributed by atoms with van der Waals surface area (Å²) >= 11 is 0. The topological polar surface area (TPSA) is 80.0 Å². The van der Waals surface area contributed by atoms with Crippen LogP contribution in [0.15, 0.2) is 62.6 Å². The molecule has 0 spiro atoms. The third kappa shape index (κ3) is 7.02. The average Bonchev–Trinajstić information content (AvgIpc) is 2.82. The first-order chi connectivity index (χ1) is 15.0. The van der Waals surface area contributed by atoms with E-state index in [-0.39, 0.29) is 0 Å². The quantitative estimate of drug-likeness (QED) is 0.463. The molecule has 0 aromatic heterocycles. The monoisotopic (exact) mass is 427 g/mol. The molecule has 0 saturated heterocycles. The summed E-state index contributed by atoms with van der Waals surface area (Å²) in [6.45, 7) is 14.3. The Labute approximate surface area is 185 Å². The second kappa shape index (κ2) is 13.6. The van der Waals surface area contributed by atoms with Gasteiger partial charge in [0.1, 0.15) is 6.67 Å². The molecule has 0 amide bonds. The number of hydrogen-bond acceptors (Lipinski definition) is 8. The Morgan fingerprint density at radius 1 is 1.16 bits per heavy atom. The molecule has 0 radical (unpaired) electrons. The van der Waals surface area contributed by atoms with Gasteiger partial charge in [0.25, 0.3) is 0 Å². The molecule has 168 valence electrons. The number of rotatable bonds is 9. The van der Waals surface area contributed by atoms with Gasteiger partial charge in [0.2, 0.25) is 5.75 Å². The number of ether oxygens (including phenoxy) is 3. The highest BCUT2D eigenvalue weighted by atomic mass is 16.5. The molecule has 0 saturated carbocycles. The molecule has 1 aliphatic heterocycles. The first kappa shape index (κ1) is 25.5. The molecule has 31 heavy (non-hydrogen) atoms. The van der Waals surface area contributed by atoms with Crippen LogP contribution in [0.1, 0.15) is 20.8 Å². The molecule has 0 bridgehead atoms. The van der Waals surface area contributed by atoms with E-state index in [0.717, 1.165) is 29.3 Å². The van der Waals surface area contributed by atoms with Gasteiger partial charge >= 0.3 is 0 Å².